The zero-order valence-corrected chi connectivity index (χ0v) is 18.0. The van der Waals surface area contributed by atoms with E-state index >= 15 is 0 Å². The van der Waals surface area contributed by atoms with Gasteiger partial charge in [0.15, 0.2) is 5.79 Å². The molecule has 5 aliphatic rings. The summed E-state index contributed by atoms with van der Waals surface area (Å²) in [5.74, 6) is 3.06. The van der Waals surface area contributed by atoms with Crippen LogP contribution in [0.5, 0.6) is 0 Å². The van der Waals surface area contributed by atoms with Gasteiger partial charge in [0, 0.05) is 17.8 Å². The van der Waals surface area contributed by atoms with Gasteiger partial charge in [0.05, 0.1) is 13.2 Å². The number of hydrogen-bond acceptors (Lipinski definition) is 2. The Kier molecular flexibility index (Phi) is 4.16. The molecule has 4 fully saturated rings. The Bertz CT molecular complexity index is 581. The van der Waals surface area contributed by atoms with E-state index in [9.17, 15) is 0 Å². The van der Waals surface area contributed by atoms with Crippen LogP contribution in [0.25, 0.3) is 0 Å². The van der Waals surface area contributed by atoms with Crippen LogP contribution in [0.3, 0.4) is 0 Å². The first-order valence-corrected chi connectivity index (χ1v) is 11.7. The molecule has 0 aromatic rings. The van der Waals surface area contributed by atoms with Crippen molar-refractivity contribution in [1.29, 1.82) is 0 Å². The predicted molar refractivity (Wildman–Crippen MR) is 108 cm³/mol. The summed E-state index contributed by atoms with van der Waals surface area (Å²) >= 11 is 2.64. The number of rotatable bonds is 0. The Balaban J connectivity index is 1.50. The van der Waals surface area contributed by atoms with Crippen LogP contribution in [0.4, 0.5) is 0 Å². The maximum Gasteiger partial charge on any atom is 0.171 e. The molecule has 1 heterocycles. The minimum atomic E-state index is -0.237. The molecule has 0 aromatic heterocycles. The first-order valence-electron chi connectivity index (χ1n) is 10.6. The largest absolute Gasteiger partial charge is 0.347 e. The monoisotopic (exact) mass is 456 g/mol. The van der Waals surface area contributed by atoms with Gasteiger partial charge in [-0.25, -0.2) is 0 Å². The Hall–Kier alpha value is 0.390. The number of hydrogen-bond donors (Lipinski definition) is 0. The molecule has 1 spiro atoms. The molecule has 2 nitrogen and oxygen atoms in total. The van der Waals surface area contributed by atoms with Gasteiger partial charge in [0.2, 0.25) is 0 Å². The van der Waals surface area contributed by atoms with Crippen LogP contribution in [0.2, 0.25) is 0 Å². The molecule has 1 aliphatic heterocycles. The van der Waals surface area contributed by atoms with Crippen molar-refractivity contribution in [1.82, 2.24) is 0 Å². The van der Waals surface area contributed by atoms with Gasteiger partial charge in [-0.2, -0.15) is 0 Å². The maximum absolute atomic E-state index is 6.37. The van der Waals surface area contributed by atoms with E-state index in [1.54, 1.807) is 3.58 Å². The lowest BCUT2D eigenvalue weighted by atomic mass is 9.46. The zero-order chi connectivity index (χ0) is 17.3. The van der Waals surface area contributed by atoms with E-state index in [4.69, 9.17) is 9.47 Å². The van der Waals surface area contributed by atoms with Gasteiger partial charge in [-0.3, -0.25) is 0 Å². The van der Waals surface area contributed by atoms with Crippen molar-refractivity contribution in [2.24, 2.45) is 34.5 Å². The number of fused-ring (bicyclic) bond motifs is 6. The van der Waals surface area contributed by atoms with Gasteiger partial charge >= 0.3 is 0 Å². The quantitative estimate of drug-likeness (QED) is 0.411. The summed E-state index contributed by atoms with van der Waals surface area (Å²) in [6.45, 7) is 6.81. The summed E-state index contributed by atoms with van der Waals surface area (Å²) in [5.41, 5.74) is 0.896. The van der Waals surface area contributed by atoms with E-state index in [1.807, 2.05) is 0 Å². The van der Waals surface area contributed by atoms with Crippen molar-refractivity contribution in [2.75, 3.05) is 13.2 Å². The number of ether oxygens (including phenoxy) is 2. The van der Waals surface area contributed by atoms with Gasteiger partial charge in [-0.15, -0.1) is 0 Å². The van der Waals surface area contributed by atoms with Crippen molar-refractivity contribution < 1.29 is 9.47 Å². The third kappa shape index (κ3) is 2.33. The van der Waals surface area contributed by atoms with Gasteiger partial charge in [-0.05, 0) is 94.3 Å². The number of halogens is 1. The smallest absolute Gasteiger partial charge is 0.171 e. The highest BCUT2D eigenvalue weighted by Crippen LogP contribution is 2.68. The minimum absolute atomic E-state index is 0.237. The summed E-state index contributed by atoms with van der Waals surface area (Å²) < 4.78 is 14.4. The maximum atomic E-state index is 6.37. The fourth-order valence-electron chi connectivity index (χ4n) is 7.92. The lowest BCUT2D eigenvalue weighted by molar-refractivity contribution is -0.248. The SMILES string of the molecule is C[C@]12CCCCC3(OCCO3)C1CC[C@@H]1C2CC[C@]2(C)C(I)=CC[C@@H]12. The van der Waals surface area contributed by atoms with Crippen LogP contribution >= 0.6 is 22.6 Å². The molecule has 0 amide bonds. The lowest BCUT2D eigenvalue weighted by Crippen LogP contribution is -2.57. The molecule has 3 saturated carbocycles. The van der Waals surface area contributed by atoms with Gasteiger partial charge in [0.1, 0.15) is 0 Å². The average molecular weight is 456 g/mol. The van der Waals surface area contributed by atoms with Crippen molar-refractivity contribution in [3.63, 3.8) is 0 Å². The van der Waals surface area contributed by atoms with Crippen LogP contribution < -0.4 is 0 Å². The van der Waals surface area contributed by atoms with E-state index in [2.05, 4.69) is 42.5 Å². The van der Waals surface area contributed by atoms with E-state index < -0.39 is 0 Å². The standard InChI is InChI=1S/C22H33IO2/c1-20-10-3-4-11-22(24-13-14-25-22)18(20)7-5-15-16-6-8-19(23)21(16,2)12-9-17(15)20/h8,15-18H,3-7,9-14H2,1-2H3/t15-,16-,17?,18?,20+,21-/m0/s1. The summed E-state index contributed by atoms with van der Waals surface area (Å²) in [7, 11) is 0. The van der Waals surface area contributed by atoms with E-state index in [-0.39, 0.29) is 5.79 Å². The predicted octanol–water partition coefficient (Wildman–Crippen LogP) is 6.09. The van der Waals surface area contributed by atoms with Gasteiger partial charge in [-0.1, -0.05) is 26.3 Å². The molecule has 0 radical (unpaired) electrons. The van der Waals surface area contributed by atoms with E-state index in [0.29, 0.717) is 16.7 Å². The van der Waals surface area contributed by atoms with Crippen molar-refractivity contribution in [3.05, 3.63) is 9.66 Å². The van der Waals surface area contributed by atoms with Gasteiger partial charge in [0.25, 0.3) is 0 Å². The normalized spacial score (nSPS) is 51.4. The highest BCUT2D eigenvalue weighted by molar-refractivity contribution is 14.1. The second-order valence-electron chi connectivity index (χ2n) is 9.97. The molecule has 0 aromatic carbocycles. The lowest BCUT2D eigenvalue weighted by Gasteiger charge is -2.60. The molecule has 4 aliphatic carbocycles. The van der Waals surface area contributed by atoms with Crippen LogP contribution in [0.15, 0.2) is 9.66 Å². The highest BCUT2D eigenvalue weighted by atomic mass is 127. The van der Waals surface area contributed by atoms with Crippen LogP contribution in [-0.2, 0) is 9.47 Å². The molecule has 0 N–H and O–H groups in total. The molecular formula is C22H33IO2. The molecule has 5 rings (SSSR count). The second-order valence-corrected chi connectivity index (χ2v) is 11.1. The molecule has 2 unspecified atom stereocenters. The molecule has 1 saturated heterocycles. The van der Waals surface area contributed by atoms with Crippen LogP contribution in [0, 0.1) is 34.5 Å². The Labute approximate surface area is 166 Å². The first-order chi connectivity index (χ1) is 12.0. The summed E-state index contributed by atoms with van der Waals surface area (Å²) in [6, 6.07) is 0. The van der Waals surface area contributed by atoms with Crippen LogP contribution in [-0.4, -0.2) is 19.0 Å². The van der Waals surface area contributed by atoms with Gasteiger partial charge < -0.3 is 9.47 Å². The Morgan fingerprint density at radius 1 is 0.960 bits per heavy atom. The molecule has 140 valence electrons. The Morgan fingerprint density at radius 3 is 2.52 bits per heavy atom. The highest BCUT2D eigenvalue weighted by Gasteiger charge is 2.62. The zero-order valence-electron chi connectivity index (χ0n) is 15.9. The van der Waals surface area contributed by atoms with Crippen molar-refractivity contribution in [2.45, 2.75) is 77.4 Å². The summed E-state index contributed by atoms with van der Waals surface area (Å²) in [4.78, 5) is 0. The fraction of sp³-hybridized carbons (Fsp3) is 0.909. The molecular weight excluding hydrogens is 423 g/mol. The molecule has 3 heteroatoms. The average Bonchev–Trinajstić information content (AvgIpc) is 3.14. The molecule has 0 bridgehead atoms. The van der Waals surface area contributed by atoms with Crippen molar-refractivity contribution in [3.8, 4) is 0 Å². The first kappa shape index (κ1) is 17.5. The topological polar surface area (TPSA) is 18.5 Å². The van der Waals surface area contributed by atoms with E-state index in [0.717, 1.165) is 37.4 Å². The Morgan fingerprint density at radius 2 is 1.72 bits per heavy atom. The summed E-state index contributed by atoms with van der Waals surface area (Å²) in [6.07, 6.45) is 14.6. The summed E-state index contributed by atoms with van der Waals surface area (Å²) in [5, 5.41) is 0. The molecule has 25 heavy (non-hydrogen) atoms. The van der Waals surface area contributed by atoms with E-state index in [1.165, 1.54) is 51.4 Å². The third-order valence-electron chi connectivity index (χ3n) is 9.15. The third-order valence-corrected chi connectivity index (χ3v) is 10.8. The van der Waals surface area contributed by atoms with Crippen molar-refractivity contribution >= 4 is 22.6 Å². The number of allylic oxidation sites excluding steroid dienone is 2. The molecule has 6 atom stereocenters. The minimum Gasteiger partial charge on any atom is -0.347 e. The fourth-order valence-corrected chi connectivity index (χ4v) is 8.84. The van der Waals surface area contributed by atoms with Crippen LogP contribution in [0.1, 0.15) is 71.6 Å². The second kappa shape index (κ2) is 5.94.